The molecule has 1 aromatic carbocycles. The van der Waals surface area contributed by atoms with Gasteiger partial charge in [-0.05, 0) is 50.9 Å². The first-order valence-corrected chi connectivity index (χ1v) is 7.21. The van der Waals surface area contributed by atoms with Gasteiger partial charge in [0.05, 0.1) is 18.6 Å². The van der Waals surface area contributed by atoms with Gasteiger partial charge in [-0.1, -0.05) is 12.1 Å². The largest absolute Gasteiger partial charge is 0.497 e. The Labute approximate surface area is 120 Å². The van der Waals surface area contributed by atoms with Gasteiger partial charge < -0.3 is 15.4 Å². The van der Waals surface area contributed by atoms with Gasteiger partial charge in [0, 0.05) is 6.54 Å². The van der Waals surface area contributed by atoms with Crippen LogP contribution in [0.1, 0.15) is 38.3 Å². The number of hydrogen-bond donors (Lipinski definition) is 2. The molecule has 2 N–H and O–H groups in total. The van der Waals surface area contributed by atoms with Crippen LogP contribution in [0, 0.1) is 5.41 Å². The first-order chi connectivity index (χ1) is 9.55. The van der Waals surface area contributed by atoms with E-state index < -0.39 is 0 Å². The first kappa shape index (κ1) is 14.9. The van der Waals surface area contributed by atoms with E-state index in [1.54, 1.807) is 7.11 Å². The van der Waals surface area contributed by atoms with Gasteiger partial charge in [0.2, 0.25) is 5.91 Å². The second kappa shape index (κ2) is 6.27. The highest BCUT2D eigenvalue weighted by molar-refractivity contribution is 5.83. The fourth-order valence-electron chi connectivity index (χ4n) is 2.60. The maximum absolute atomic E-state index is 12.5. The Balaban J connectivity index is 1.99. The second-order valence-corrected chi connectivity index (χ2v) is 5.81. The highest BCUT2D eigenvalue weighted by atomic mass is 16.5. The number of piperidine rings is 1. The van der Waals surface area contributed by atoms with Crippen LogP contribution in [0.3, 0.4) is 0 Å². The van der Waals surface area contributed by atoms with Crippen molar-refractivity contribution in [3.05, 3.63) is 29.8 Å². The smallest absolute Gasteiger partial charge is 0.227 e. The average Bonchev–Trinajstić information content (AvgIpc) is 2.48. The number of carbonyl (C=O) groups is 1. The van der Waals surface area contributed by atoms with E-state index in [1.807, 2.05) is 38.1 Å². The van der Waals surface area contributed by atoms with E-state index in [1.165, 1.54) is 0 Å². The maximum atomic E-state index is 12.5. The van der Waals surface area contributed by atoms with Crippen molar-refractivity contribution < 1.29 is 9.53 Å². The molecule has 0 bridgehead atoms. The third kappa shape index (κ3) is 3.31. The summed E-state index contributed by atoms with van der Waals surface area (Å²) in [4.78, 5) is 12.5. The lowest BCUT2D eigenvalue weighted by atomic mass is 9.81. The van der Waals surface area contributed by atoms with Crippen molar-refractivity contribution in [3.8, 4) is 5.75 Å². The molecule has 1 saturated heterocycles. The number of ether oxygens (including phenoxy) is 1. The van der Waals surface area contributed by atoms with Gasteiger partial charge in [0.15, 0.2) is 0 Å². The molecule has 1 heterocycles. The summed E-state index contributed by atoms with van der Waals surface area (Å²) in [5.74, 6) is 0.962. The van der Waals surface area contributed by atoms with Gasteiger partial charge in [-0.3, -0.25) is 4.79 Å². The molecule has 4 nitrogen and oxygen atoms in total. The van der Waals surface area contributed by atoms with E-state index in [9.17, 15) is 4.79 Å². The average molecular weight is 276 g/mol. The van der Waals surface area contributed by atoms with Crippen molar-refractivity contribution in [2.75, 3.05) is 20.2 Å². The zero-order valence-electron chi connectivity index (χ0n) is 12.5. The van der Waals surface area contributed by atoms with Crippen LogP contribution in [0.5, 0.6) is 5.75 Å². The molecular weight excluding hydrogens is 252 g/mol. The van der Waals surface area contributed by atoms with Crippen molar-refractivity contribution in [1.29, 1.82) is 0 Å². The minimum atomic E-state index is -0.293. The molecule has 20 heavy (non-hydrogen) atoms. The summed E-state index contributed by atoms with van der Waals surface area (Å²) < 4.78 is 5.15. The van der Waals surface area contributed by atoms with E-state index in [0.717, 1.165) is 37.2 Å². The molecule has 1 aromatic rings. The fraction of sp³-hybridized carbons (Fsp3) is 0.562. The van der Waals surface area contributed by atoms with Crippen LogP contribution >= 0.6 is 0 Å². The van der Waals surface area contributed by atoms with Crippen LogP contribution < -0.4 is 15.4 Å². The molecule has 0 aromatic heterocycles. The Bertz CT molecular complexity index is 450. The Kier molecular flexibility index (Phi) is 4.65. The molecule has 4 heteroatoms. The number of amides is 1. The third-order valence-electron chi connectivity index (χ3n) is 4.11. The molecule has 2 atom stereocenters. The maximum Gasteiger partial charge on any atom is 0.227 e. The lowest BCUT2D eigenvalue weighted by molar-refractivity contribution is -0.131. The minimum absolute atomic E-state index is 0.00663. The number of hydrogen-bond acceptors (Lipinski definition) is 3. The van der Waals surface area contributed by atoms with Gasteiger partial charge in [0.1, 0.15) is 5.75 Å². The van der Waals surface area contributed by atoms with E-state index in [-0.39, 0.29) is 17.4 Å². The van der Waals surface area contributed by atoms with Crippen molar-refractivity contribution >= 4 is 5.91 Å². The number of methoxy groups -OCH3 is 1. The van der Waals surface area contributed by atoms with Gasteiger partial charge in [-0.2, -0.15) is 0 Å². The fourth-order valence-corrected chi connectivity index (χ4v) is 2.60. The molecule has 1 aliphatic rings. The van der Waals surface area contributed by atoms with Crippen LogP contribution in [0.15, 0.2) is 24.3 Å². The van der Waals surface area contributed by atoms with Gasteiger partial charge in [0.25, 0.3) is 0 Å². The summed E-state index contributed by atoms with van der Waals surface area (Å²) >= 11 is 0. The molecule has 1 aliphatic heterocycles. The first-order valence-electron chi connectivity index (χ1n) is 7.21. The summed E-state index contributed by atoms with van der Waals surface area (Å²) in [7, 11) is 1.65. The number of nitrogens with one attached hydrogen (secondary N) is 2. The summed E-state index contributed by atoms with van der Waals surface area (Å²) in [6.45, 7) is 5.82. The van der Waals surface area contributed by atoms with Crippen LogP contribution in [0.4, 0.5) is 0 Å². The Morgan fingerprint density at radius 2 is 2.10 bits per heavy atom. The van der Waals surface area contributed by atoms with E-state index in [0.29, 0.717) is 0 Å². The minimum Gasteiger partial charge on any atom is -0.497 e. The predicted molar refractivity (Wildman–Crippen MR) is 79.8 cm³/mol. The molecular formula is C16H24N2O2. The standard InChI is InChI=1S/C16H24N2O2/c1-12(13-5-7-14(20-3)8-6-13)18-15(19)16(2)9-4-10-17-11-16/h5-8,12,17H,4,9-11H2,1-3H3,(H,18,19). The molecule has 110 valence electrons. The van der Waals surface area contributed by atoms with Gasteiger partial charge in [-0.15, -0.1) is 0 Å². The molecule has 0 radical (unpaired) electrons. The van der Waals surface area contributed by atoms with Crippen LogP contribution in [0.2, 0.25) is 0 Å². The topological polar surface area (TPSA) is 50.4 Å². The van der Waals surface area contributed by atoms with Crippen molar-refractivity contribution in [2.45, 2.75) is 32.7 Å². The van der Waals surface area contributed by atoms with Gasteiger partial charge >= 0.3 is 0 Å². The van der Waals surface area contributed by atoms with Crippen LogP contribution in [0.25, 0.3) is 0 Å². The summed E-state index contributed by atoms with van der Waals surface area (Å²) in [5, 5.41) is 6.43. The molecule has 0 spiro atoms. The Morgan fingerprint density at radius 1 is 1.40 bits per heavy atom. The predicted octanol–water partition coefficient (Wildman–Crippen LogP) is 2.26. The van der Waals surface area contributed by atoms with Crippen molar-refractivity contribution in [2.24, 2.45) is 5.41 Å². The second-order valence-electron chi connectivity index (χ2n) is 5.81. The van der Waals surface area contributed by atoms with Crippen molar-refractivity contribution in [1.82, 2.24) is 10.6 Å². The normalized spacial score (nSPS) is 23.9. The number of carbonyl (C=O) groups excluding carboxylic acids is 1. The molecule has 1 fully saturated rings. The summed E-state index contributed by atoms with van der Waals surface area (Å²) in [6.07, 6.45) is 2.00. The van der Waals surface area contributed by atoms with E-state index >= 15 is 0 Å². The highest BCUT2D eigenvalue weighted by Gasteiger charge is 2.35. The summed E-state index contributed by atoms with van der Waals surface area (Å²) in [6, 6.07) is 7.83. The molecule has 0 saturated carbocycles. The monoisotopic (exact) mass is 276 g/mol. The third-order valence-corrected chi connectivity index (χ3v) is 4.11. The van der Waals surface area contributed by atoms with E-state index in [4.69, 9.17) is 4.74 Å². The highest BCUT2D eigenvalue weighted by Crippen LogP contribution is 2.27. The van der Waals surface area contributed by atoms with E-state index in [2.05, 4.69) is 10.6 Å². The Morgan fingerprint density at radius 3 is 2.65 bits per heavy atom. The zero-order chi connectivity index (χ0) is 14.6. The van der Waals surface area contributed by atoms with Crippen molar-refractivity contribution in [3.63, 3.8) is 0 Å². The lowest BCUT2D eigenvalue weighted by Crippen LogP contribution is -2.49. The SMILES string of the molecule is COc1ccc(C(C)NC(=O)C2(C)CCCNC2)cc1. The molecule has 0 aliphatic carbocycles. The van der Waals surface area contributed by atoms with Crippen LogP contribution in [-0.2, 0) is 4.79 Å². The number of rotatable bonds is 4. The quantitative estimate of drug-likeness (QED) is 0.887. The van der Waals surface area contributed by atoms with Crippen LogP contribution in [-0.4, -0.2) is 26.1 Å². The number of benzene rings is 1. The molecule has 2 rings (SSSR count). The summed E-state index contributed by atoms with van der Waals surface area (Å²) in [5.41, 5.74) is 0.797. The molecule has 2 unspecified atom stereocenters. The zero-order valence-corrected chi connectivity index (χ0v) is 12.5. The Hall–Kier alpha value is -1.55. The lowest BCUT2D eigenvalue weighted by Gasteiger charge is -2.33. The molecule has 1 amide bonds. The van der Waals surface area contributed by atoms with Gasteiger partial charge in [-0.25, -0.2) is 0 Å².